The molecule has 0 saturated carbocycles. The highest BCUT2D eigenvalue weighted by atomic mass is 19.4. The van der Waals surface area contributed by atoms with E-state index in [2.05, 4.69) is 0 Å². The second kappa shape index (κ2) is 5.29. The predicted molar refractivity (Wildman–Crippen MR) is 61.8 cm³/mol. The van der Waals surface area contributed by atoms with Crippen molar-refractivity contribution in [2.75, 3.05) is 11.4 Å². The Hall–Kier alpha value is -2.05. The molecule has 0 spiro atoms. The molecule has 0 bridgehead atoms. The van der Waals surface area contributed by atoms with Gasteiger partial charge in [-0.05, 0) is 25.1 Å². The van der Waals surface area contributed by atoms with Crippen molar-refractivity contribution >= 4 is 17.4 Å². The number of ketones is 1. The van der Waals surface area contributed by atoms with Gasteiger partial charge in [-0.15, -0.1) is 0 Å². The number of Topliss-reactive ketones (excluding diaryl/α,β-unsaturated/α-hetero) is 1. The number of halogens is 3. The number of likely N-dealkylation sites (N-methyl/N-ethyl adjacent to an activating group) is 1. The van der Waals surface area contributed by atoms with Crippen LogP contribution in [-0.4, -0.2) is 23.3 Å². The number of phenols is 1. The lowest BCUT2D eigenvalue weighted by atomic mass is 10.1. The van der Waals surface area contributed by atoms with E-state index in [1.54, 1.807) is 0 Å². The van der Waals surface area contributed by atoms with Crippen molar-refractivity contribution in [3.8, 4) is 5.75 Å². The lowest BCUT2D eigenvalue weighted by Crippen LogP contribution is -2.35. The topological polar surface area (TPSA) is 57.6 Å². The van der Waals surface area contributed by atoms with Gasteiger partial charge in [-0.2, -0.15) is 13.2 Å². The summed E-state index contributed by atoms with van der Waals surface area (Å²) in [5.74, 6) is -2.36. The predicted octanol–water partition coefficient (Wildman–Crippen LogP) is 2.35. The van der Waals surface area contributed by atoms with Gasteiger partial charge in [0.15, 0.2) is 0 Å². The van der Waals surface area contributed by atoms with Crippen molar-refractivity contribution < 1.29 is 27.9 Å². The summed E-state index contributed by atoms with van der Waals surface area (Å²) in [4.78, 5) is 23.5. The van der Waals surface area contributed by atoms with E-state index in [9.17, 15) is 27.9 Å². The molecule has 19 heavy (non-hydrogen) atoms. The SMILES string of the molecule is CCN(C(=O)C(C)=O)c1ccc(C(F)(F)F)cc1O. The molecule has 0 unspecified atom stereocenters. The van der Waals surface area contributed by atoms with Crippen LogP contribution in [0.4, 0.5) is 18.9 Å². The van der Waals surface area contributed by atoms with Crippen LogP contribution < -0.4 is 4.90 Å². The van der Waals surface area contributed by atoms with Gasteiger partial charge in [0, 0.05) is 13.5 Å². The third-order valence-corrected chi connectivity index (χ3v) is 2.46. The molecule has 1 amide bonds. The Kier molecular flexibility index (Phi) is 4.18. The fourth-order valence-electron chi connectivity index (χ4n) is 1.54. The fourth-order valence-corrected chi connectivity index (χ4v) is 1.54. The van der Waals surface area contributed by atoms with Crippen LogP contribution in [0.5, 0.6) is 5.75 Å². The van der Waals surface area contributed by atoms with Crippen molar-refractivity contribution in [2.24, 2.45) is 0 Å². The minimum Gasteiger partial charge on any atom is -0.506 e. The van der Waals surface area contributed by atoms with Crippen LogP contribution in [-0.2, 0) is 15.8 Å². The number of hydrogen-bond donors (Lipinski definition) is 1. The van der Waals surface area contributed by atoms with Crippen molar-refractivity contribution in [3.63, 3.8) is 0 Å². The Morgan fingerprint density at radius 2 is 1.89 bits per heavy atom. The van der Waals surface area contributed by atoms with Gasteiger partial charge < -0.3 is 10.0 Å². The second-order valence-corrected chi connectivity index (χ2v) is 3.81. The van der Waals surface area contributed by atoms with Crippen LogP contribution in [0.15, 0.2) is 18.2 Å². The number of alkyl halides is 3. The lowest BCUT2D eigenvalue weighted by molar-refractivity contribution is -0.137. The first-order valence-corrected chi connectivity index (χ1v) is 5.41. The maximum Gasteiger partial charge on any atom is 0.416 e. The summed E-state index contributed by atoms with van der Waals surface area (Å²) in [6.07, 6.45) is -4.59. The maximum absolute atomic E-state index is 12.4. The number of benzene rings is 1. The molecule has 0 saturated heterocycles. The van der Waals surface area contributed by atoms with Gasteiger partial charge in [0.1, 0.15) is 5.75 Å². The summed E-state index contributed by atoms with van der Waals surface area (Å²) >= 11 is 0. The summed E-state index contributed by atoms with van der Waals surface area (Å²) in [5, 5.41) is 9.58. The van der Waals surface area contributed by atoms with Crippen LogP contribution in [0.3, 0.4) is 0 Å². The van der Waals surface area contributed by atoms with Crippen LogP contribution >= 0.6 is 0 Å². The molecule has 1 rings (SSSR count). The minimum atomic E-state index is -4.59. The molecule has 0 aliphatic heterocycles. The summed E-state index contributed by atoms with van der Waals surface area (Å²) in [6.45, 7) is 2.64. The third kappa shape index (κ3) is 3.24. The Balaban J connectivity index is 3.21. The van der Waals surface area contributed by atoms with E-state index < -0.39 is 29.2 Å². The van der Waals surface area contributed by atoms with Gasteiger partial charge in [0.25, 0.3) is 5.91 Å². The van der Waals surface area contributed by atoms with E-state index in [-0.39, 0.29) is 12.2 Å². The quantitative estimate of drug-likeness (QED) is 0.861. The van der Waals surface area contributed by atoms with E-state index >= 15 is 0 Å². The molecule has 0 aliphatic rings. The first-order valence-electron chi connectivity index (χ1n) is 5.41. The molecule has 1 aromatic rings. The molecule has 1 N–H and O–H groups in total. The van der Waals surface area contributed by atoms with Crippen molar-refractivity contribution in [1.82, 2.24) is 0 Å². The number of amides is 1. The molecule has 0 fully saturated rings. The molecule has 0 aromatic heterocycles. The Bertz CT molecular complexity index is 511. The number of phenolic OH excluding ortho intramolecular Hbond substituents is 1. The highest BCUT2D eigenvalue weighted by Crippen LogP contribution is 2.36. The standard InChI is InChI=1S/C12H12F3NO3/c1-3-16(11(19)7(2)17)9-5-4-8(6-10(9)18)12(13,14)15/h4-6,18H,3H2,1-2H3. The second-order valence-electron chi connectivity index (χ2n) is 3.81. The van der Waals surface area contributed by atoms with Crippen LogP contribution in [0, 0.1) is 0 Å². The number of nitrogens with zero attached hydrogens (tertiary/aromatic N) is 1. The van der Waals surface area contributed by atoms with E-state index in [0.717, 1.165) is 24.0 Å². The first-order chi connectivity index (χ1) is 8.68. The molecule has 7 heteroatoms. The lowest BCUT2D eigenvalue weighted by Gasteiger charge is -2.21. The van der Waals surface area contributed by atoms with Crippen LogP contribution in [0.25, 0.3) is 0 Å². The van der Waals surface area contributed by atoms with Crippen molar-refractivity contribution in [2.45, 2.75) is 20.0 Å². The number of hydrogen-bond acceptors (Lipinski definition) is 3. The molecule has 0 radical (unpaired) electrons. The Morgan fingerprint density at radius 3 is 2.26 bits per heavy atom. The van der Waals surface area contributed by atoms with Gasteiger partial charge in [-0.1, -0.05) is 0 Å². The average Bonchev–Trinajstić information content (AvgIpc) is 2.30. The number of rotatable bonds is 3. The van der Waals surface area contributed by atoms with Crippen molar-refractivity contribution in [3.05, 3.63) is 23.8 Å². The molecular weight excluding hydrogens is 263 g/mol. The highest BCUT2D eigenvalue weighted by molar-refractivity contribution is 6.40. The van der Waals surface area contributed by atoms with E-state index in [4.69, 9.17) is 0 Å². The molecular formula is C12H12F3NO3. The van der Waals surface area contributed by atoms with Crippen LogP contribution in [0.2, 0.25) is 0 Å². The normalized spacial score (nSPS) is 11.2. The first kappa shape index (κ1) is 15.0. The van der Waals surface area contributed by atoms with Crippen molar-refractivity contribution in [1.29, 1.82) is 0 Å². The smallest absolute Gasteiger partial charge is 0.416 e. The largest absolute Gasteiger partial charge is 0.506 e. The monoisotopic (exact) mass is 275 g/mol. The van der Waals surface area contributed by atoms with Gasteiger partial charge in [-0.3, -0.25) is 9.59 Å². The molecule has 1 aromatic carbocycles. The van der Waals surface area contributed by atoms with E-state index in [0.29, 0.717) is 6.07 Å². The molecule has 0 atom stereocenters. The summed E-state index contributed by atoms with van der Waals surface area (Å²) in [7, 11) is 0. The van der Waals surface area contributed by atoms with Gasteiger partial charge in [0.2, 0.25) is 5.78 Å². The zero-order valence-electron chi connectivity index (χ0n) is 10.3. The molecule has 4 nitrogen and oxygen atoms in total. The molecule has 104 valence electrons. The summed E-state index contributed by atoms with van der Waals surface area (Å²) in [6, 6.07) is 2.22. The summed E-state index contributed by atoms with van der Waals surface area (Å²) in [5.41, 5.74) is -1.16. The maximum atomic E-state index is 12.4. The summed E-state index contributed by atoms with van der Waals surface area (Å²) < 4.78 is 37.3. The fraction of sp³-hybridized carbons (Fsp3) is 0.333. The average molecular weight is 275 g/mol. The Labute approximate surface area is 107 Å². The number of carbonyl (C=O) groups is 2. The highest BCUT2D eigenvalue weighted by Gasteiger charge is 2.32. The van der Waals surface area contributed by atoms with E-state index in [1.807, 2.05) is 0 Å². The van der Waals surface area contributed by atoms with Crippen LogP contribution in [0.1, 0.15) is 19.4 Å². The minimum absolute atomic E-state index is 0.0529. The molecule has 0 heterocycles. The van der Waals surface area contributed by atoms with Gasteiger partial charge in [-0.25, -0.2) is 0 Å². The van der Waals surface area contributed by atoms with E-state index in [1.165, 1.54) is 6.92 Å². The molecule has 0 aliphatic carbocycles. The van der Waals surface area contributed by atoms with Gasteiger partial charge >= 0.3 is 6.18 Å². The zero-order valence-corrected chi connectivity index (χ0v) is 10.3. The zero-order chi connectivity index (χ0) is 14.8. The Morgan fingerprint density at radius 1 is 1.32 bits per heavy atom. The van der Waals surface area contributed by atoms with Gasteiger partial charge in [0.05, 0.1) is 11.3 Å². The third-order valence-electron chi connectivity index (χ3n) is 2.46. The number of aromatic hydroxyl groups is 1. The number of carbonyl (C=O) groups excluding carboxylic acids is 2. The number of anilines is 1.